The van der Waals surface area contributed by atoms with Gasteiger partial charge in [0, 0.05) is 5.56 Å². The fraction of sp³-hybridized carbons (Fsp3) is 0.136. The van der Waals surface area contributed by atoms with E-state index in [1.165, 1.54) is 5.56 Å². The van der Waals surface area contributed by atoms with E-state index in [2.05, 4.69) is 29.6 Å². The minimum absolute atomic E-state index is 0. The van der Waals surface area contributed by atoms with Gasteiger partial charge >= 0.3 is 0 Å². The smallest absolute Gasteiger partial charge is 0.169 e. The molecule has 0 aliphatic carbocycles. The zero-order valence-electron chi connectivity index (χ0n) is 14.1. The van der Waals surface area contributed by atoms with Gasteiger partial charge in [-0.15, -0.1) is 0 Å². The summed E-state index contributed by atoms with van der Waals surface area (Å²) in [5, 5.41) is 4.34. The van der Waals surface area contributed by atoms with Crippen LogP contribution in [0.4, 0.5) is 0 Å². The van der Waals surface area contributed by atoms with Crippen molar-refractivity contribution in [2.45, 2.75) is 6.42 Å². The Labute approximate surface area is 155 Å². The third kappa shape index (κ3) is 5.28. The maximum absolute atomic E-state index is 12.5. The highest BCUT2D eigenvalue weighted by Gasteiger charge is 2.09. The Morgan fingerprint density at radius 2 is 1.60 bits per heavy atom. The van der Waals surface area contributed by atoms with Crippen LogP contribution in [-0.2, 0) is 0 Å². The number of halogens is 1. The van der Waals surface area contributed by atoms with Gasteiger partial charge in [-0.25, -0.2) is 0 Å². The Bertz CT molecular complexity index is 838. The van der Waals surface area contributed by atoms with Gasteiger partial charge in [-0.1, -0.05) is 78.9 Å². The predicted octanol–water partition coefficient (Wildman–Crippen LogP) is 0.693. The molecule has 3 aromatic carbocycles. The molecule has 2 nitrogen and oxygen atoms in total. The summed E-state index contributed by atoms with van der Waals surface area (Å²) < 4.78 is 0. The van der Waals surface area contributed by atoms with Crippen LogP contribution in [0.3, 0.4) is 0 Å². The molecule has 0 heterocycles. The zero-order valence-corrected chi connectivity index (χ0v) is 14.8. The molecule has 3 rings (SSSR count). The Kier molecular flexibility index (Phi) is 7.39. The van der Waals surface area contributed by atoms with E-state index in [1.807, 2.05) is 60.7 Å². The van der Waals surface area contributed by atoms with Crippen molar-refractivity contribution in [2.75, 3.05) is 13.1 Å². The lowest BCUT2D eigenvalue weighted by Crippen LogP contribution is -3.00. The van der Waals surface area contributed by atoms with Crippen LogP contribution < -0.4 is 17.7 Å². The van der Waals surface area contributed by atoms with Crippen molar-refractivity contribution < 1.29 is 22.5 Å². The first kappa shape index (κ1) is 18.9. The van der Waals surface area contributed by atoms with E-state index in [0.29, 0.717) is 6.42 Å². The molecule has 25 heavy (non-hydrogen) atoms. The van der Waals surface area contributed by atoms with E-state index in [9.17, 15) is 4.79 Å². The summed E-state index contributed by atoms with van der Waals surface area (Å²) in [5.74, 6) is 0.218. The predicted molar refractivity (Wildman–Crippen MR) is 100 cm³/mol. The van der Waals surface area contributed by atoms with Crippen molar-refractivity contribution in [1.29, 1.82) is 0 Å². The van der Waals surface area contributed by atoms with Gasteiger partial charge in [0.2, 0.25) is 0 Å². The molecule has 0 amide bonds. The Morgan fingerprint density at radius 1 is 0.880 bits per heavy atom. The van der Waals surface area contributed by atoms with Gasteiger partial charge in [-0.2, -0.15) is 0 Å². The first-order valence-electron chi connectivity index (χ1n) is 8.39. The Hall–Kier alpha value is -2.42. The van der Waals surface area contributed by atoms with Gasteiger partial charge in [0.05, 0.1) is 19.5 Å². The van der Waals surface area contributed by atoms with E-state index < -0.39 is 0 Å². The van der Waals surface area contributed by atoms with Crippen molar-refractivity contribution in [3.63, 3.8) is 0 Å². The maximum atomic E-state index is 12.5. The quantitative estimate of drug-likeness (QED) is 0.493. The topological polar surface area (TPSA) is 33.7 Å². The van der Waals surface area contributed by atoms with Gasteiger partial charge in [0.25, 0.3) is 0 Å². The van der Waals surface area contributed by atoms with Crippen LogP contribution in [0.1, 0.15) is 22.3 Å². The van der Waals surface area contributed by atoms with Gasteiger partial charge in [0.15, 0.2) is 5.78 Å². The number of fused-ring (bicyclic) bond motifs is 1. The Balaban J connectivity index is 0.00000225. The number of rotatable bonds is 7. The third-order valence-electron chi connectivity index (χ3n) is 4.08. The van der Waals surface area contributed by atoms with Crippen molar-refractivity contribution >= 4 is 22.6 Å². The molecule has 0 aromatic heterocycles. The number of ketones is 1. The number of hydrogen-bond donors (Lipinski definition) is 1. The highest BCUT2D eigenvalue weighted by atomic mass is 35.5. The van der Waals surface area contributed by atoms with Crippen LogP contribution in [0.15, 0.2) is 78.9 Å². The lowest BCUT2D eigenvalue weighted by molar-refractivity contribution is -0.644. The van der Waals surface area contributed by atoms with Crippen LogP contribution in [0.2, 0.25) is 0 Å². The van der Waals surface area contributed by atoms with Crippen LogP contribution in [0, 0.1) is 0 Å². The highest BCUT2D eigenvalue weighted by molar-refractivity contribution is 6.08. The number of Topliss-reactive ketones (excluding diaryl/α,β-unsaturated/α-hetero) is 1. The molecule has 2 N–H and O–H groups in total. The average molecular weight is 352 g/mol. The van der Waals surface area contributed by atoms with Crippen molar-refractivity contribution in [2.24, 2.45) is 0 Å². The summed E-state index contributed by atoms with van der Waals surface area (Å²) in [5.41, 5.74) is 2.04. The molecule has 0 atom stereocenters. The fourth-order valence-electron chi connectivity index (χ4n) is 2.82. The van der Waals surface area contributed by atoms with Gasteiger partial charge < -0.3 is 17.7 Å². The average Bonchev–Trinajstić information content (AvgIpc) is 2.64. The van der Waals surface area contributed by atoms with E-state index in [0.717, 1.165) is 29.4 Å². The van der Waals surface area contributed by atoms with Crippen LogP contribution in [0.5, 0.6) is 0 Å². The highest BCUT2D eigenvalue weighted by Crippen LogP contribution is 2.19. The molecule has 0 bridgehead atoms. The van der Waals surface area contributed by atoms with Crippen molar-refractivity contribution in [1.82, 2.24) is 0 Å². The molecule has 0 unspecified atom stereocenters. The van der Waals surface area contributed by atoms with E-state index in [-0.39, 0.29) is 18.2 Å². The summed E-state index contributed by atoms with van der Waals surface area (Å²) in [6, 6.07) is 24.3. The molecule has 0 saturated carbocycles. The molecule has 0 aliphatic rings. The fourth-order valence-corrected chi connectivity index (χ4v) is 2.82. The minimum atomic E-state index is 0. The van der Waals surface area contributed by atoms with Gasteiger partial charge in [-0.05, 0) is 22.4 Å². The first-order valence-corrected chi connectivity index (χ1v) is 8.39. The number of hydrogen-bond acceptors (Lipinski definition) is 1. The summed E-state index contributed by atoms with van der Waals surface area (Å²) in [6.45, 7) is 1.69. The molecule has 3 heteroatoms. The first-order chi connectivity index (χ1) is 11.8. The zero-order chi connectivity index (χ0) is 16.6. The van der Waals surface area contributed by atoms with Crippen molar-refractivity contribution in [3.05, 3.63) is 90.0 Å². The van der Waals surface area contributed by atoms with Gasteiger partial charge in [-0.3, -0.25) is 4.79 Å². The van der Waals surface area contributed by atoms with E-state index in [4.69, 9.17) is 0 Å². The molecule has 128 valence electrons. The minimum Gasteiger partial charge on any atom is -1.00 e. The third-order valence-corrected chi connectivity index (χ3v) is 4.08. The Morgan fingerprint density at radius 3 is 2.44 bits per heavy atom. The lowest BCUT2D eigenvalue weighted by Gasteiger charge is -2.05. The van der Waals surface area contributed by atoms with Crippen molar-refractivity contribution in [3.8, 4) is 0 Å². The second kappa shape index (κ2) is 9.77. The number of nitrogens with two attached hydrogens (primary N) is 1. The lowest BCUT2D eigenvalue weighted by atomic mass is 10.00. The standard InChI is InChI=1S/C22H21NO.ClH/c24-22(21-14-6-12-19-11-4-5-13-20(19)21)15-17-23-16-7-10-18-8-2-1-3-9-18;/h1-14,23H,15-17H2;1H/b10-7+;. The molecule has 0 saturated heterocycles. The maximum Gasteiger partial charge on any atom is 0.169 e. The second-order valence-electron chi connectivity index (χ2n) is 5.83. The normalized spacial score (nSPS) is 10.7. The molecule has 3 aromatic rings. The number of quaternary nitrogens is 1. The monoisotopic (exact) mass is 351 g/mol. The van der Waals surface area contributed by atoms with E-state index in [1.54, 1.807) is 0 Å². The molecule has 0 fully saturated rings. The summed E-state index contributed by atoms with van der Waals surface area (Å²) in [7, 11) is 0. The molecule has 0 spiro atoms. The molecule has 0 aliphatic heterocycles. The van der Waals surface area contributed by atoms with Gasteiger partial charge in [0.1, 0.15) is 0 Å². The van der Waals surface area contributed by atoms with Crippen LogP contribution >= 0.6 is 0 Å². The number of carbonyl (C=O) groups is 1. The molecular formula is C22H22ClNO. The van der Waals surface area contributed by atoms with Crippen LogP contribution in [0.25, 0.3) is 16.8 Å². The second-order valence-corrected chi connectivity index (χ2v) is 5.83. The summed E-state index contributed by atoms with van der Waals surface area (Å²) in [4.78, 5) is 12.5. The molecular weight excluding hydrogens is 330 g/mol. The van der Waals surface area contributed by atoms with E-state index >= 15 is 0 Å². The van der Waals surface area contributed by atoms with Crippen LogP contribution in [-0.4, -0.2) is 18.9 Å². The number of carbonyl (C=O) groups excluding carboxylic acids is 1. The molecule has 0 radical (unpaired) electrons. The number of benzene rings is 3. The SMILES string of the molecule is O=C(CC[NH2+]C/C=C/c1ccccc1)c1cccc2ccccc12.[Cl-]. The largest absolute Gasteiger partial charge is 1.00 e. The summed E-state index contributed by atoms with van der Waals surface area (Å²) >= 11 is 0. The summed E-state index contributed by atoms with van der Waals surface area (Å²) in [6.07, 6.45) is 4.81.